The molecule has 0 aliphatic heterocycles. The summed E-state index contributed by atoms with van der Waals surface area (Å²) in [5, 5.41) is 6.56. The molecule has 0 spiro atoms. The minimum absolute atomic E-state index is 0.268. The molecule has 1 amide bonds. The lowest BCUT2D eigenvalue weighted by molar-refractivity contribution is 0.0734. The number of halogens is 1. The highest BCUT2D eigenvalue weighted by Gasteiger charge is 2.15. The number of methoxy groups -OCH3 is 1. The van der Waals surface area contributed by atoms with Crippen molar-refractivity contribution in [2.75, 3.05) is 7.11 Å². The van der Waals surface area contributed by atoms with Crippen molar-refractivity contribution in [2.24, 2.45) is 5.10 Å². The smallest absolute Gasteiger partial charge is 0.343 e. The van der Waals surface area contributed by atoms with Crippen LogP contribution in [0.2, 0.25) is 5.02 Å². The minimum atomic E-state index is -0.534. The summed E-state index contributed by atoms with van der Waals surface area (Å²) in [4.78, 5) is 25.9. The summed E-state index contributed by atoms with van der Waals surface area (Å²) in [7, 11) is 1.56. The molecule has 5 rings (SSSR count). The van der Waals surface area contributed by atoms with Gasteiger partial charge >= 0.3 is 5.97 Å². The lowest BCUT2D eigenvalue weighted by Crippen LogP contribution is -2.19. The van der Waals surface area contributed by atoms with Crippen LogP contribution >= 0.6 is 11.6 Å². The monoisotopic (exact) mass is 564 g/mol. The highest BCUT2D eigenvalue weighted by molar-refractivity contribution is 6.30. The number of carbonyl (C=O) groups excluding carboxylic acids is 2. The van der Waals surface area contributed by atoms with Crippen molar-refractivity contribution in [3.8, 4) is 17.2 Å². The Hall–Kier alpha value is -5.14. The van der Waals surface area contributed by atoms with Crippen molar-refractivity contribution in [3.63, 3.8) is 0 Å². The first-order chi connectivity index (χ1) is 20.0. The van der Waals surface area contributed by atoms with Gasteiger partial charge in [-0.1, -0.05) is 66.2 Å². The molecule has 0 saturated heterocycles. The summed E-state index contributed by atoms with van der Waals surface area (Å²) in [5.74, 6) is 0.356. The molecular formula is C33H25ClN2O5. The Balaban J connectivity index is 1.35. The molecule has 0 aliphatic carbocycles. The molecule has 0 heterocycles. The molecule has 5 aromatic rings. The van der Waals surface area contributed by atoms with Gasteiger partial charge in [0.25, 0.3) is 5.91 Å². The maximum Gasteiger partial charge on any atom is 0.343 e. The Kier molecular flexibility index (Phi) is 8.57. The molecule has 7 nitrogen and oxygen atoms in total. The van der Waals surface area contributed by atoms with Crippen molar-refractivity contribution < 1.29 is 23.8 Å². The zero-order valence-electron chi connectivity index (χ0n) is 22.0. The molecule has 1 N–H and O–H groups in total. The summed E-state index contributed by atoms with van der Waals surface area (Å²) in [6.45, 7) is 0.268. The topological polar surface area (TPSA) is 86.2 Å². The SMILES string of the molecule is COc1ccc(C(=O)Oc2ccc3ccccc3c2C=NNC(=O)c2ccccc2OCc2ccc(Cl)cc2)cc1. The molecule has 0 aliphatic rings. The molecule has 0 radical (unpaired) electrons. The molecule has 41 heavy (non-hydrogen) atoms. The third-order valence-corrected chi connectivity index (χ3v) is 6.51. The Morgan fingerprint density at radius 2 is 1.56 bits per heavy atom. The normalized spacial score (nSPS) is 10.9. The lowest BCUT2D eigenvalue weighted by atomic mass is 10.0. The second-order valence-electron chi connectivity index (χ2n) is 8.93. The zero-order chi connectivity index (χ0) is 28.6. The first-order valence-corrected chi connectivity index (χ1v) is 13.1. The van der Waals surface area contributed by atoms with E-state index in [1.165, 1.54) is 6.21 Å². The van der Waals surface area contributed by atoms with Crippen molar-refractivity contribution in [2.45, 2.75) is 6.61 Å². The van der Waals surface area contributed by atoms with E-state index in [-0.39, 0.29) is 6.61 Å². The van der Waals surface area contributed by atoms with Crippen molar-refractivity contribution in [3.05, 3.63) is 136 Å². The van der Waals surface area contributed by atoms with Gasteiger partial charge in [0, 0.05) is 10.6 Å². The molecule has 8 heteroatoms. The van der Waals surface area contributed by atoms with Gasteiger partial charge in [-0.05, 0) is 70.9 Å². The number of hydrogen-bond acceptors (Lipinski definition) is 6. The van der Waals surface area contributed by atoms with Gasteiger partial charge in [0.15, 0.2) is 0 Å². The van der Waals surface area contributed by atoms with E-state index in [1.54, 1.807) is 73.8 Å². The zero-order valence-corrected chi connectivity index (χ0v) is 22.8. The number of nitrogens with zero attached hydrogens (tertiary/aromatic N) is 1. The fourth-order valence-corrected chi connectivity index (χ4v) is 4.25. The molecule has 0 aromatic heterocycles. The van der Waals surface area contributed by atoms with E-state index in [2.05, 4.69) is 10.5 Å². The minimum Gasteiger partial charge on any atom is -0.497 e. The van der Waals surface area contributed by atoms with Gasteiger partial charge in [-0.15, -0.1) is 0 Å². The Morgan fingerprint density at radius 1 is 0.829 bits per heavy atom. The number of nitrogens with one attached hydrogen (secondary N) is 1. The van der Waals surface area contributed by atoms with Gasteiger partial charge in [0.05, 0.1) is 24.5 Å². The summed E-state index contributed by atoms with van der Waals surface area (Å²) in [6.07, 6.45) is 1.47. The van der Waals surface area contributed by atoms with Gasteiger partial charge in [-0.2, -0.15) is 5.10 Å². The number of esters is 1. The summed E-state index contributed by atoms with van der Waals surface area (Å²) < 4.78 is 16.8. The van der Waals surface area contributed by atoms with Gasteiger partial charge < -0.3 is 14.2 Å². The largest absolute Gasteiger partial charge is 0.497 e. The quantitative estimate of drug-likeness (QED) is 0.0896. The maximum absolute atomic E-state index is 13.1. The van der Waals surface area contributed by atoms with Gasteiger partial charge in [0.2, 0.25) is 0 Å². The van der Waals surface area contributed by atoms with E-state index in [1.807, 2.05) is 42.5 Å². The standard InChI is InChI=1S/C33H25ClN2O5/c1-39-26-17-12-24(13-18-26)33(38)41-31-19-14-23-6-2-3-7-27(23)29(31)20-35-36-32(37)28-8-4-5-9-30(28)40-21-22-10-15-25(34)16-11-22/h2-20H,21H2,1H3,(H,36,37). The third-order valence-electron chi connectivity index (χ3n) is 6.26. The predicted octanol–water partition coefficient (Wildman–Crippen LogP) is 7.06. The number of ether oxygens (including phenoxy) is 3. The molecule has 0 atom stereocenters. The second-order valence-corrected chi connectivity index (χ2v) is 9.36. The van der Waals surface area contributed by atoms with Gasteiger partial charge in [-0.25, -0.2) is 10.2 Å². The highest BCUT2D eigenvalue weighted by atomic mass is 35.5. The first kappa shape index (κ1) is 27.4. The van der Waals surface area contributed by atoms with Crippen LogP contribution in [0.5, 0.6) is 17.2 Å². The number of benzene rings is 5. The van der Waals surface area contributed by atoms with Crippen molar-refractivity contribution in [1.82, 2.24) is 5.43 Å². The van der Waals surface area contributed by atoms with Crippen LogP contribution in [0.15, 0.2) is 114 Å². The van der Waals surface area contributed by atoms with E-state index in [0.717, 1.165) is 16.3 Å². The summed E-state index contributed by atoms with van der Waals surface area (Å²) in [6, 6.07) is 32.0. The van der Waals surface area contributed by atoms with Crippen LogP contribution in [0.25, 0.3) is 10.8 Å². The second kappa shape index (κ2) is 12.8. The molecule has 0 bridgehead atoms. The fourth-order valence-electron chi connectivity index (χ4n) is 4.12. The van der Waals surface area contributed by atoms with Crippen molar-refractivity contribution in [1.29, 1.82) is 0 Å². The van der Waals surface area contributed by atoms with E-state index < -0.39 is 11.9 Å². The predicted molar refractivity (Wildman–Crippen MR) is 159 cm³/mol. The Bertz CT molecular complexity index is 1720. The van der Waals surface area contributed by atoms with Crippen LogP contribution in [0.4, 0.5) is 0 Å². The molecule has 204 valence electrons. The highest BCUT2D eigenvalue weighted by Crippen LogP contribution is 2.28. The molecule has 0 unspecified atom stereocenters. The first-order valence-electron chi connectivity index (χ1n) is 12.7. The van der Waals surface area contributed by atoms with Crippen LogP contribution in [0, 0.1) is 0 Å². The average molecular weight is 565 g/mol. The maximum atomic E-state index is 13.1. The number of hydrazone groups is 1. The fraction of sp³-hybridized carbons (Fsp3) is 0.0606. The summed E-state index contributed by atoms with van der Waals surface area (Å²) >= 11 is 5.96. The van der Waals surface area contributed by atoms with Crippen LogP contribution < -0.4 is 19.6 Å². The van der Waals surface area contributed by atoms with Crippen LogP contribution in [0.3, 0.4) is 0 Å². The van der Waals surface area contributed by atoms with Crippen LogP contribution in [-0.4, -0.2) is 25.2 Å². The molecule has 0 fully saturated rings. The number of hydrogen-bond donors (Lipinski definition) is 1. The van der Waals surface area contributed by atoms with E-state index in [0.29, 0.717) is 39.0 Å². The Labute approximate surface area is 241 Å². The summed E-state index contributed by atoms with van der Waals surface area (Å²) in [5.41, 5.74) is 4.70. The van der Waals surface area contributed by atoms with E-state index in [4.69, 9.17) is 25.8 Å². The van der Waals surface area contributed by atoms with E-state index in [9.17, 15) is 9.59 Å². The van der Waals surface area contributed by atoms with Crippen LogP contribution in [-0.2, 0) is 6.61 Å². The van der Waals surface area contributed by atoms with Crippen molar-refractivity contribution >= 4 is 40.5 Å². The molecular weight excluding hydrogens is 540 g/mol. The number of amides is 1. The van der Waals surface area contributed by atoms with E-state index >= 15 is 0 Å². The number of rotatable bonds is 9. The lowest BCUT2D eigenvalue weighted by Gasteiger charge is -2.12. The van der Waals surface area contributed by atoms with Gasteiger partial charge in [-0.3, -0.25) is 4.79 Å². The number of carbonyl (C=O) groups is 2. The third kappa shape index (κ3) is 6.72. The van der Waals surface area contributed by atoms with Crippen LogP contribution in [0.1, 0.15) is 31.8 Å². The number of para-hydroxylation sites is 1. The van der Waals surface area contributed by atoms with Gasteiger partial charge in [0.1, 0.15) is 23.9 Å². The molecule has 0 saturated carbocycles. The number of fused-ring (bicyclic) bond motifs is 1. The average Bonchev–Trinajstić information content (AvgIpc) is 3.01. The molecule has 5 aromatic carbocycles. The Morgan fingerprint density at radius 3 is 2.34 bits per heavy atom.